The highest BCUT2D eigenvalue weighted by Gasteiger charge is 2.22. The first-order chi connectivity index (χ1) is 7.02. The van der Waals surface area contributed by atoms with Crippen LogP contribution in [0.1, 0.15) is 39.5 Å². The van der Waals surface area contributed by atoms with Gasteiger partial charge in [0.05, 0.1) is 0 Å². The smallest absolute Gasteiger partial charge is 0.202 e. The van der Waals surface area contributed by atoms with Crippen LogP contribution in [-0.2, 0) is 10.2 Å². The lowest BCUT2D eigenvalue weighted by atomic mass is 10.2. The van der Waals surface area contributed by atoms with Gasteiger partial charge in [-0.15, -0.1) is 0 Å². The molecule has 0 aliphatic carbocycles. The van der Waals surface area contributed by atoms with Gasteiger partial charge >= 0.3 is 0 Å². The van der Waals surface area contributed by atoms with Crippen LogP contribution >= 0.6 is 0 Å². The van der Waals surface area contributed by atoms with Gasteiger partial charge in [0.1, 0.15) is 0 Å². The van der Waals surface area contributed by atoms with Crippen molar-refractivity contribution in [2.75, 3.05) is 19.6 Å². The molecule has 0 spiro atoms. The molecule has 1 rings (SSSR count). The molecule has 1 heterocycles. The third-order valence-electron chi connectivity index (χ3n) is 2.58. The second kappa shape index (κ2) is 5.82. The van der Waals surface area contributed by atoms with E-state index in [2.05, 4.69) is 4.72 Å². The number of hydrogen-bond donors (Lipinski definition) is 1. The molecule has 0 amide bonds. The van der Waals surface area contributed by atoms with Gasteiger partial charge in [0.25, 0.3) is 10.2 Å². The van der Waals surface area contributed by atoms with E-state index in [0.717, 1.165) is 25.7 Å². The normalized spacial score (nSPS) is 20.5. The number of rotatable bonds is 4. The van der Waals surface area contributed by atoms with Crippen LogP contribution in [0.4, 0.5) is 0 Å². The zero-order chi connectivity index (χ0) is 11.3. The van der Waals surface area contributed by atoms with Gasteiger partial charge in [0.15, 0.2) is 0 Å². The van der Waals surface area contributed by atoms with E-state index in [4.69, 9.17) is 0 Å². The fourth-order valence-electron chi connectivity index (χ4n) is 1.65. The van der Waals surface area contributed by atoms with Crippen LogP contribution < -0.4 is 4.72 Å². The lowest BCUT2D eigenvalue weighted by molar-refractivity contribution is 0.411. The van der Waals surface area contributed by atoms with Crippen molar-refractivity contribution >= 4 is 10.2 Å². The number of nitrogens with zero attached hydrogens (tertiary/aromatic N) is 1. The lowest BCUT2D eigenvalue weighted by Crippen LogP contribution is -2.42. The van der Waals surface area contributed by atoms with Crippen LogP contribution in [-0.4, -0.2) is 32.4 Å². The largest absolute Gasteiger partial charge is 0.279 e. The maximum absolute atomic E-state index is 11.9. The van der Waals surface area contributed by atoms with E-state index in [-0.39, 0.29) is 0 Å². The third-order valence-corrected chi connectivity index (χ3v) is 4.16. The molecule has 0 aromatic carbocycles. The molecule has 5 heteroatoms. The van der Waals surface area contributed by atoms with Crippen LogP contribution in [0.3, 0.4) is 0 Å². The lowest BCUT2D eigenvalue weighted by Gasteiger charge is -2.20. The summed E-state index contributed by atoms with van der Waals surface area (Å²) in [6.07, 6.45) is 4.28. The van der Waals surface area contributed by atoms with Crippen molar-refractivity contribution in [2.45, 2.75) is 39.5 Å². The molecule has 15 heavy (non-hydrogen) atoms. The predicted molar refractivity (Wildman–Crippen MR) is 61.8 cm³/mol. The molecular formula is C10H22N2O2S. The van der Waals surface area contributed by atoms with Crippen molar-refractivity contribution in [1.29, 1.82) is 0 Å². The Labute approximate surface area is 93.2 Å². The van der Waals surface area contributed by atoms with Crippen LogP contribution in [0.5, 0.6) is 0 Å². The Morgan fingerprint density at radius 2 is 1.67 bits per heavy atom. The van der Waals surface area contributed by atoms with Crippen LogP contribution in [0.15, 0.2) is 0 Å². The summed E-state index contributed by atoms with van der Waals surface area (Å²) in [6, 6.07) is 0. The summed E-state index contributed by atoms with van der Waals surface area (Å²) in [6.45, 7) is 5.88. The van der Waals surface area contributed by atoms with Gasteiger partial charge in [-0.2, -0.15) is 12.7 Å². The standard InChI is InChI=1S/C10H22N2O2S/c1-10(2)9-11-15(13,14)12-7-5-3-4-6-8-12/h10-11H,3-9H2,1-2H3. The maximum atomic E-state index is 11.9. The molecule has 0 aromatic rings. The van der Waals surface area contributed by atoms with Crippen molar-refractivity contribution in [1.82, 2.24) is 9.03 Å². The van der Waals surface area contributed by atoms with E-state index in [9.17, 15) is 8.42 Å². The van der Waals surface area contributed by atoms with E-state index in [1.54, 1.807) is 4.31 Å². The Bertz CT molecular complexity index is 267. The second-order valence-corrected chi connectivity index (χ2v) is 6.32. The third kappa shape index (κ3) is 4.49. The molecule has 0 atom stereocenters. The summed E-state index contributed by atoms with van der Waals surface area (Å²) in [4.78, 5) is 0. The van der Waals surface area contributed by atoms with Crippen molar-refractivity contribution in [2.24, 2.45) is 5.92 Å². The monoisotopic (exact) mass is 234 g/mol. The molecule has 90 valence electrons. The van der Waals surface area contributed by atoms with Crippen molar-refractivity contribution in [3.8, 4) is 0 Å². The summed E-state index contributed by atoms with van der Waals surface area (Å²) >= 11 is 0. The fraction of sp³-hybridized carbons (Fsp3) is 1.00. The highest BCUT2D eigenvalue weighted by Crippen LogP contribution is 2.12. The Morgan fingerprint density at radius 3 is 2.13 bits per heavy atom. The molecule has 1 saturated heterocycles. The first-order valence-electron chi connectivity index (χ1n) is 5.77. The summed E-state index contributed by atoms with van der Waals surface area (Å²) in [5.41, 5.74) is 0. The molecule has 0 unspecified atom stereocenters. The Morgan fingerprint density at radius 1 is 1.13 bits per heavy atom. The maximum Gasteiger partial charge on any atom is 0.279 e. The average molecular weight is 234 g/mol. The minimum atomic E-state index is -3.22. The number of nitrogens with one attached hydrogen (secondary N) is 1. The molecule has 1 aliphatic heterocycles. The van der Waals surface area contributed by atoms with Crippen LogP contribution in [0.25, 0.3) is 0 Å². The zero-order valence-electron chi connectivity index (χ0n) is 9.70. The van der Waals surface area contributed by atoms with Gasteiger partial charge in [-0.05, 0) is 18.8 Å². The zero-order valence-corrected chi connectivity index (χ0v) is 10.5. The topological polar surface area (TPSA) is 49.4 Å². The fourth-order valence-corrected chi connectivity index (χ4v) is 3.11. The Hall–Kier alpha value is -0.130. The van der Waals surface area contributed by atoms with Gasteiger partial charge in [-0.3, -0.25) is 0 Å². The molecule has 4 nitrogen and oxygen atoms in total. The highest BCUT2D eigenvalue weighted by atomic mass is 32.2. The van der Waals surface area contributed by atoms with Gasteiger partial charge in [0.2, 0.25) is 0 Å². The molecule has 0 radical (unpaired) electrons. The highest BCUT2D eigenvalue weighted by molar-refractivity contribution is 7.87. The van der Waals surface area contributed by atoms with E-state index in [1.807, 2.05) is 13.8 Å². The molecule has 0 saturated carbocycles. The van der Waals surface area contributed by atoms with E-state index < -0.39 is 10.2 Å². The minimum Gasteiger partial charge on any atom is -0.202 e. The summed E-state index contributed by atoms with van der Waals surface area (Å²) < 4.78 is 28.0. The van der Waals surface area contributed by atoms with Crippen LogP contribution in [0.2, 0.25) is 0 Å². The SMILES string of the molecule is CC(C)CNS(=O)(=O)N1CCCCCC1. The van der Waals surface area contributed by atoms with Crippen molar-refractivity contribution in [3.63, 3.8) is 0 Å². The first-order valence-corrected chi connectivity index (χ1v) is 7.21. The summed E-state index contributed by atoms with van der Waals surface area (Å²) in [5, 5.41) is 0. The van der Waals surface area contributed by atoms with Gasteiger partial charge in [-0.1, -0.05) is 26.7 Å². The van der Waals surface area contributed by atoms with E-state index in [1.165, 1.54) is 0 Å². The Kier molecular flexibility index (Phi) is 5.02. The minimum absolute atomic E-state index is 0.353. The first kappa shape index (κ1) is 12.9. The quantitative estimate of drug-likeness (QED) is 0.798. The van der Waals surface area contributed by atoms with Gasteiger partial charge in [-0.25, -0.2) is 4.72 Å². The molecular weight excluding hydrogens is 212 g/mol. The van der Waals surface area contributed by atoms with E-state index >= 15 is 0 Å². The summed E-state index contributed by atoms with van der Waals surface area (Å²) in [5.74, 6) is 0.353. The van der Waals surface area contributed by atoms with E-state index in [0.29, 0.717) is 25.6 Å². The molecule has 0 aromatic heterocycles. The number of hydrogen-bond acceptors (Lipinski definition) is 2. The predicted octanol–water partition coefficient (Wildman–Crippen LogP) is 1.35. The van der Waals surface area contributed by atoms with Crippen LogP contribution in [0, 0.1) is 5.92 Å². The van der Waals surface area contributed by atoms with Gasteiger partial charge in [0, 0.05) is 19.6 Å². The molecule has 0 bridgehead atoms. The Balaban J connectivity index is 2.51. The van der Waals surface area contributed by atoms with Gasteiger partial charge < -0.3 is 0 Å². The molecule has 1 N–H and O–H groups in total. The summed E-state index contributed by atoms with van der Waals surface area (Å²) in [7, 11) is -3.22. The molecule has 1 fully saturated rings. The van der Waals surface area contributed by atoms with Crippen molar-refractivity contribution < 1.29 is 8.42 Å². The average Bonchev–Trinajstić information content (AvgIpc) is 2.43. The second-order valence-electron chi connectivity index (χ2n) is 4.56. The van der Waals surface area contributed by atoms with Crippen molar-refractivity contribution in [3.05, 3.63) is 0 Å². The molecule has 1 aliphatic rings.